The Kier molecular flexibility index (Phi) is 5.26. The molecule has 1 aliphatic rings. The van der Waals surface area contributed by atoms with Crippen LogP contribution in [0.5, 0.6) is 11.5 Å². The first-order chi connectivity index (χ1) is 10.6. The predicted molar refractivity (Wildman–Crippen MR) is 87.6 cm³/mol. The first-order valence-electron chi connectivity index (χ1n) is 7.52. The van der Waals surface area contributed by atoms with Crippen molar-refractivity contribution in [3.05, 3.63) is 47.7 Å². The summed E-state index contributed by atoms with van der Waals surface area (Å²) < 4.78 is 10.8. The van der Waals surface area contributed by atoms with Crippen LogP contribution >= 0.6 is 0 Å². The number of rotatable bonds is 6. The van der Waals surface area contributed by atoms with Crippen LogP contribution in [0.15, 0.2) is 42.1 Å². The maximum absolute atomic E-state index is 12.6. The molecular weight excluding hydrogens is 278 g/mol. The van der Waals surface area contributed by atoms with Crippen LogP contribution in [-0.2, 0) is 0 Å². The van der Waals surface area contributed by atoms with E-state index in [9.17, 15) is 4.79 Å². The predicted octanol–water partition coefficient (Wildman–Crippen LogP) is 3.44. The number of Topliss-reactive ketones (excluding diaryl/α,β-unsaturated/α-hetero) is 1. The molecule has 1 unspecified atom stereocenters. The van der Waals surface area contributed by atoms with Crippen molar-refractivity contribution in [2.45, 2.75) is 26.8 Å². The Balaban J connectivity index is 2.17. The zero-order valence-corrected chi connectivity index (χ0v) is 13.6. The van der Waals surface area contributed by atoms with Crippen molar-refractivity contribution in [1.82, 2.24) is 4.90 Å². The maximum atomic E-state index is 12.6. The lowest BCUT2D eigenvalue weighted by molar-refractivity contribution is 0.0938. The Hall–Kier alpha value is -2.23. The molecule has 4 heteroatoms. The van der Waals surface area contributed by atoms with E-state index in [1.165, 1.54) is 0 Å². The number of ketones is 1. The molecule has 1 aromatic carbocycles. The van der Waals surface area contributed by atoms with E-state index in [4.69, 9.17) is 9.47 Å². The molecular formula is C18H23NO3. The Morgan fingerprint density at radius 2 is 2.09 bits per heavy atom. The molecule has 1 aliphatic heterocycles. The van der Waals surface area contributed by atoms with Crippen molar-refractivity contribution in [3.8, 4) is 11.5 Å². The minimum absolute atomic E-state index is 0.0681. The average molecular weight is 301 g/mol. The Morgan fingerprint density at radius 1 is 1.32 bits per heavy atom. The smallest absolute Gasteiger partial charge is 0.182 e. The van der Waals surface area contributed by atoms with Crippen molar-refractivity contribution >= 4 is 5.78 Å². The number of benzene rings is 1. The van der Waals surface area contributed by atoms with Crippen LogP contribution in [-0.4, -0.2) is 37.0 Å². The Labute approximate surface area is 132 Å². The molecule has 1 atom stereocenters. The lowest BCUT2D eigenvalue weighted by Gasteiger charge is -2.31. The second-order valence-electron chi connectivity index (χ2n) is 5.28. The first-order valence-corrected chi connectivity index (χ1v) is 7.52. The molecule has 0 fully saturated rings. The summed E-state index contributed by atoms with van der Waals surface area (Å²) >= 11 is 0. The van der Waals surface area contributed by atoms with Gasteiger partial charge in [-0.25, -0.2) is 0 Å². The number of nitrogens with zero attached hydrogens (tertiary/aromatic N) is 1. The number of allylic oxidation sites excluding steroid dienone is 3. The topological polar surface area (TPSA) is 38.8 Å². The van der Waals surface area contributed by atoms with Gasteiger partial charge in [0.1, 0.15) is 0 Å². The molecule has 0 radical (unpaired) electrons. The van der Waals surface area contributed by atoms with E-state index in [1.807, 2.05) is 26.0 Å². The van der Waals surface area contributed by atoms with Crippen molar-refractivity contribution in [2.24, 2.45) is 0 Å². The minimum atomic E-state index is 0.0681. The van der Waals surface area contributed by atoms with Crippen LogP contribution < -0.4 is 9.47 Å². The summed E-state index contributed by atoms with van der Waals surface area (Å²) in [4.78, 5) is 14.7. The number of carbonyl (C=O) groups is 1. The van der Waals surface area contributed by atoms with Crippen molar-refractivity contribution in [1.29, 1.82) is 0 Å². The molecule has 2 rings (SSSR count). The van der Waals surface area contributed by atoms with Gasteiger partial charge in [0.15, 0.2) is 17.3 Å². The first kappa shape index (κ1) is 16.1. The molecule has 0 aromatic heterocycles. The van der Waals surface area contributed by atoms with E-state index < -0.39 is 0 Å². The summed E-state index contributed by atoms with van der Waals surface area (Å²) in [5, 5.41) is 0. The van der Waals surface area contributed by atoms with E-state index in [1.54, 1.807) is 25.3 Å². The third-order valence-corrected chi connectivity index (χ3v) is 3.77. The van der Waals surface area contributed by atoms with Gasteiger partial charge in [-0.05, 0) is 45.0 Å². The highest BCUT2D eigenvalue weighted by molar-refractivity contribution is 5.98. The van der Waals surface area contributed by atoms with Crippen LogP contribution in [0.2, 0.25) is 0 Å². The molecule has 0 saturated heterocycles. The van der Waals surface area contributed by atoms with Crippen molar-refractivity contribution in [2.75, 3.05) is 20.3 Å². The normalized spacial score (nSPS) is 17.2. The van der Waals surface area contributed by atoms with E-state index in [0.717, 1.165) is 5.70 Å². The fraction of sp³-hybridized carbons (Fsp3) is 0.389. The zero-order valence-electron chi connectivity index (χ0n) is 13.6. The largest absolute Gasteiger partial charge is 0.493 e. The second kappa shape index (κ2) is 7.16. The van der Waals surface area contributed by atoms with Gasteiger partial charge in [-0.1, -0.05) is 12.2 Å². The van der Waals surface area contributed by atoms with Crippen LogP contribution in [0.1, 0.15) is 31.1 Å². The second-order valence-corrected chi connectivity index (χ2v) is 5.28. The Morgan fingerprint density at radius 3 is 2.73 bits per heavy atom. The number of hydrogen-bond acceptors (Lipinski definition) is 4. The lowest BCUT2D eigenvalue weighted by Crippen LogP contribution is -2.36. The van der Waals surface area contributed by atoms with E-state index in [0.29, 0.717) is 30.2 Å². The summed E-state index contributed by atoms with van der Waals surface area (Å²) in [7, 11) is 1.59. The van der Waals surface area contributed by atoms with Gasteiger partial charge in [-0.2, -0.15) is 0 Å². The van der Waals surface area contributed by atoms with Crippen LogP contribution in [0.3, 0.4) is 0 Å². The highest BCUT2D eigenvalue weighted by Gasteiger charge is 2.19. The van der Waals surface area contributed by atoms with Gasteiger partial charge in [-0.3, -0.25) is 4.79 Å². The molecule has 0 N–H and O–H groups in total. The van der Waals surface area contributed by atoms with Crippen LogP contribution in [0.4, 0.5) is 0 Å². The molecule has 0 amide bonds. The zero-order chi connectivity index (χ0) is 16.1. The summed E-state index contributed by atoms with van der Waals surface area (Å²) in [5.41, 5.74) is 1.74. The molecule has 0 saturated carbocycles. The number of methoxy groups -OCH3 is 1. The van der Waals surface area contributed by atoms with Gasteiger partial charge in [0.2, 0.25) is 0 Å². The van der Waals surface area contributed by atoms with Crippen LogP contribution in [0.25, 0.3) is 0 Å². The molecule has 22 heavy (non-hydrogen) atoms. The van der Waals surface area contributed by atoms with Gasteiger partial charge in [0.25, 0.3) is 0 Å². The van der Waals surface area contributed by atoms with Gasteiger partial charge in [0.05, 0.1) is 20.3 Å². The molecule has 0 spiro atoms. The fourth-order valence-electron chi connectivity index (χ4n) is 2.51. The molecule has 0 bridgehead atoms. The van der Waals surface area contributed by atoms with E-state index >= 15 is 0 Å². The summed E-state index contributed by atoms with van der Waals surface area (Å²) in [6.07, 6.45) is 6.13. The lowest BCUT2D eigenvalue weighted by atomic mass is 10.1. The SMILES string of the molecule is CCOc1cc(C(=O)CN2C(C)=CC=CC2C)ccc1OC. The standard InChI is InChI=1S/C18H23NO3/c1-5-22-18-11-15(9-10-17(18)21-4)16(20)12-19-13(2)7-6-8-14(19)3/h6-11,13H,5,12H2,1-4H3. The molecule has 1 heterocycles. The summed E-state index contributed by atoms with van der Waals surface area (Å²) in [6, 6.07) is 5.54. The highest BCUT2D eigenvalue weighted by atomic mass is 16.5. The van der Waals surface area contributed by atoms with Crippen LogP contribution in [0, 0.1) is 0 Å². The average Bonchev–Trinajstić information content (AvgIpc) is 2.51. The van der Waals surface area contributed by atoms with Crippen molar-refractivity contribution in [3.63, 3.8) is 0 Å². The van der Waals surface area contributed by atoms with Crippen molar-refractivity contribution < 1.29 is 14.3 Å². The minimum Gasteiger partial charge on any atom is -0.493 e. The van der Waals surface area contributed by atoms with E-state index in [2.05, 4.69) is 17.9 Å². The molecule has 1 aromatic rings. The third kappa shape index (κ3) is 3.50. The van der Waals surface area contributed by atoms with Gasteiger partial charge in [0, 0.05) is 17.3 Å². The Bertz CT molecular complexity index is 604. The molecule has 4 nitrogen and oxygen atoms in total. The quantitative estimate of drug-likeness (QED) is 0.755. The fourth-order valence-corrected chi connectivity index (χ4v) is 2.51. The third-order valence-electron chi connectivity index (χ3n) is 3.77. The number of ether oxygens (including phenoxy) is 2. The number of carbonyl (C=O) groups excluding carboxylic acids is 1. The highest BCUT2D eigenvalue weighted by Crippen LogP contribution is 2.28. The summed E-state index contributed by atoms with van der Waals surface area (Å²) in [6.45, 7) is 6.90. The molecule has 118 valence electrons. The van der Waals surface area contributed by atoms with E-state index in [-0.39, 0.29) is 11.8 Å². The van der Waals surface area contributed by atoms with Gasteiger partial charge in [-0.15, -0.1) is 0 Å². The van der Waals surface area contributed by atoms with Gasteiger partial charge >= 0.3 is 0 Å². The van der Waals surface area contributed by atoms with Gasteiger partial charge < -0.3 is 14.4 Å². The maximum Gasteiger partial charge on any atom is 0.182 e. The number of hydrogen-bond donors (Lipinski definition) is 0. The summed E-state index contributed by atoms with van der Waals surface area (Å²) in [5.74, 6) is 1.32. The monoisotopic (exact) mass is 301 g/mol. The molecule has 0 aliphatic carbocycles.